The number of hydrogen-bond acceptors (Lipinski definition) is 6. The van der Waals surface area contributed by atoms with Crippen molar-refractivity contribution in [2.75, 3.05) is 38.5 Å². The first-order chi connectivity index (χ1) is 12.5. The Hall–Kier alpha value is -1.76. The highest BCUT2D eigenvalue weighted by Gasteiger charge is 2.34. The minimum atomic E-state index is -3.97. The van der Waals surface area contributed by atoms with E-state index in [2.05, 4.69) is 10.2 Å². The van der Waals surface area contributed by atoms with Crippen LogP contribution in [0.5, 0.6) is 0 Å². The Morgan fingerprint density at radius 3 is 2.62 bits per heavy atom. The second-order valence-electron chi connectivity index (χ2n) is 6.33. The van der Waals surface area contributed by atoms with Gasteiger partial charge in [-0.2, -0.15) is 5.26 Å². The Balaban J connectivity index is 1.79. The predicted octanol–water partition coefficient (Wildman–Crippen LogP) is 1.85. The molecule has 0 unspecified atom stereocenters. The molecule has 1 aromatic carbocycles. The van der Waals surface area contributed by atoms with Gasteiger partial charge in [-0.25, -0.2) is 17.5 Å². The average molecular weight is 395 g/mol. The van der Waals surface area contributed by atoms with Gasteiger partial charge >= 0.3 is 6.03 Å². The summed E-state index contributed by atoms with van der Waals surface area (Å²) >= 11 is 1.46. The van der Waals surface area contributed by atoms with Crippen LogP contribution >= 0.6 is 11.8 Å². The van der Waals surface area contributed by atoms with Crippen molar-refractivity contribution in [1.29, 1.82) is 5.26 Å². The molecule has 0 aromatic heterocycles. The molecular formula is C17H22N4O3S2. The number of piperidine rings is 1. The molecule has 0 bridgehead atoms. The molecule has 0 saturated carbocycles. The number of sulfonamides is 1. The first kappa shape index (κ1) is 19.0. The third-order valence-corrected chi connectivity index (χ3v) is 7.58. The number of amides is 2. The number of urea groups is 1. The summed E-state index contributed by atoms with van der Waals surface area (Å²) in [6.07, 6.45) is 3.70. The summed E-state index contributed by atoms with van der Waals surface area (Å²) in [7, 11) is -3.97. The third-order valence-electron chi connectivity index (χ3n) is 4.57. The van der Waals surface area contributed by atoms with E-state index in [0.717, 1.165) is 29.7 Å². The number of hydrogen-bond donors (Lipinski definition) is 1. The maximum absolute atomic E-state index is 12.9. The number of nitrogens with zero attached hydrogens (tertiary/aromatic N) is 3. The number of rotatable bonds is 6. The van der Waals surface area contributed by atoms with E-state index in [0.29, 0.717) is 11.4 Å². The van der Waals surface area contributed by atoms with E-state index in [1.807, 2.05) is 6.07 Å². The predicted molar refractivity (Wildman–Crippen MR) is 99.5 cm³/mol. The number of nitriles is 1. The normalized spacial score (nSPS) is 18.6. The molecule has 2 amide bonds. The van der Waals surface area contributed by atoms with E-state index < -0.39 is 16.1 Å². The van der Waals surface area contributed by atoms with Gasteiger partial charge in [0.25, 0.3) is 10.0 Å². The molecule has 0 spiro atoms. The molecule has 140 valence electrons. The number of carbonyl (C=O) groups is 1. The number of nitrogens with one attached hydrogen (secondary N) is 1. The summed E-state index contributed by atoms with van der Waals surface area (Å²) in [5, 5.41) is 11.6. The summed E-state index contributed by atoms with van der Waals surface area (Å²) in [6.45, 7) is 3.48. The van der Waals surface area contributed by atoms with Gasteiger partial charge in [0, 0.05) is 23.7 Å². The van der Waals surface area contributed by atoms with Gasteiger partial charge in [0.2, 0.25) is 0 Å². The minimum absolute atomic E-state index is 0.0391. The fourth-order valence-corrected chi connectivity index (χ4v) is 6.05. The lowest BCUT2D eigenvalue weighted by Gasteiger charge is -2.26. The van der Waals surface area contributed by atoms with Crippen LogP contribution in [0.2, 0.25) is 0 Å². The second kappa shape index (κ2) is 8.29. The zero-order valence-electron chi connectivity index (χ0n) is 14.5. The summed E-state index contributed by atoms with van der Waals surface area (Å²) in [5.41, 5.74) is 0.267. The van der Waals surface area contributed by atoms with Crippen molar-refractivity contribution in [1.82, 2.24) is 14.5 Å². The Morgan fingerprint density at radius 1 is 1.19 bits per heavy atom. The van der Waals surface area contributed by atoms with Crippen molar-refractivity contribution < 1.29 is 13.2 Å². The number of benzene rings is 1. The van der Waals surface area contributed by atoms with Gasteiger partial charge in [0.15, 0.2) is 0 Å². The smallest absolute Gasteiger partial charge is 0.331 e. The lowest BCUT2D eigenvalue weighted by Crippen LogP contribution is -2.34. The van der Waals surface area contributed by atoms with Gasteiger partial charge < -0.3 is 10.2 Å². The fourth-order valence-electron chi connectivity index (χ4n) is 3.17. The van der Waals surface area contributed by atoms with Gasteiger partial charge in [0.05, 0.1) is 18.2 Å². The van der Waals surface area contributed by atoms with Crippen molar-refractivity contribution in [2.45, 2.75) is 29.1 Å². The SMILES string of the molecule is N#Cc1ccc(SCCN2CCCCC2)c(S(=O)(=O)N2CCNC2=O)c1. The number of thioether (sulfide) groups is 1. The monoisotopic (exact) mass is 394 g/mol. The Bertz CT molecular complexity index is 814. The van der Waals surface area contributed by atoms with Crippen molar-refractivity contribution in [3.8, 4) is 6.07 Å². The minimum Gasteiger partial charge on any atom is -0.335 e. The van der Waals surface area contributed by atoms with E-state index in [4.69, 9.17) is 5.26 Å². The molecule has 2 heterocycles. The first-order valence-corrected chi connectivity index (χ1v) is 11.1. The summed E-state index contributed by atoms with van der Waals surface area (Å²) in [6, 6.07) is 6.01. The van der Waals surface area contributed by atoms with Gasteiger partial charge in [-0.1, -0.05) is 6.42 Å². The van der Waals surface area contributed by atoms with E-state index in [1.165, 1.54) is 37.1 Å². The zero-order valence-corrected chi connectivity index (χ0v) is 16.1. The van der Waals surface area contributed by atoms with Crippen molar-refractivity contribution in [3.05, 3.63) is 23.8 Å². The van der Waals surface area contributed by atoms with Crippen LogP contribution in [-0.2, 0) is 10.0 Å². The van der Waals surface area contributed by atoms with Crippen LogP contribution in [0.3, 0.4) is 0 Å². The molecule has 2 aliphatic heterocycles. The Labute approximate surface area is 158 Å². The van der Waals surface area contributed by atoms with E-state index >= 15 is 0 Å². The van der Waals surface area contributed by atoms with Crippen molar-refractivity contribution in [2.24, 2.45) is 0 Å². The largest absolute Gasteiger partial charge is 0.335 e. The summed E-state index contributed by atoms with van der Waals surface area (Å²) in [4.78, 5) is 14.9. The molecule has 0 aliphatic carbocycles. The molecule has 2 saturated heterocycles. The van der Waals surface area contributed by atoms with Crippen molar-refractivity contribution >= 4 is 27.8 Å². The molecule has 26 heavy (non-hydrogen) atoms. The fraction of sp³-hybridized carbons (Fsp3) is 0.529. The zero-order chi connectivity index (χ0) is 18.6. The van der Waals surface area contributed by atoms with Gasteiger partial charge in [-0.15, -0.1) is 11.8 Å². The standard InChI is InChI=1S/C17H22N4O3S2/c18-13-14-4-5-15(25-11-10-20-7-2-1-3-8-20)16(12-14)26(23,24)21-9-6-19-17(21)22/h4-5,12H,1-3,6-11H2,(H,19,22). The molecule has 9 heteroatoms. The van der Waals surface area contributed by atoms with Crippen molar-refractivity contribution in [3.63, 3.8) is 0 Å². The molecule has 7 nitrogen and oxygen atoms in total. The summed E-state index contributed by atoms with van der Waals surface area (Å²) in [5.74, 6) is 0.765. The van der Waals surface area contributed by atoms with Crippen LogP contribution in [0.25, 0.3) is 0 Å². The van der Waals surface area contributed by atoms with Crippen LogP contribution in [0, 0.1) is 11.3 Å². The quantitative estimate of drug-likeness (QED) is 0.740. The molecule has 2 aliphatic rings. The molecule has 2 fully saturated rings. The maximum Gasteiger partial charge on any atom is 0.331 e. The lowest BCUT2D eigenvalue weighted by atomic mass is 10.1. The molecule has 1 aromatic rings. The highest BCUT2D eigenvalue weighted by atomic mass is 32.2. The highest BCUT2D eigenvalue weighted by Crippen LogP contribution is 2.30. The maximum atomic E-state index is 12.9. The lowest BCUT2D eigenvalue weighted by molar-refractivity contribution is 0.235. The van der Waals surface area contributed by atoms with E-state index in [9.17, 15) is 13.2 Å². The topological polar surface area (TPSA) is 93.5 Å². The molecule has 0 radical (unpaired) electrons. The van der Waals surface area contributed by atoms with Crippen LogP contribution in [-0.4, -0.2) is 62.1 Å². The van der Waals surface area contributed by atoms with Crippen LogP contribution in [0.4, 0.5) is 4.79 Å². The van der Waals surface area contributed by atoms with Gasteiger partial charge in [-0.3, -0.25) is 0 Å². The van der Waals surface area contributed by atoms with Gasteiger partial charge in [0.1, 0.15) is 4.90 Å². The van der Waals surface area contributed by atoms with Crippen LogP contribution in [0.1, 0.15) is 24.8 Å². The molecule has 3 rings (SSSR count). The highest BCUT2D eigenvalue weighted by molar-refractivity contribution is 8.00. The van der Waals surface area contributed by atoms with E-state index in [-0.39, 0.29) is 17.0 Å². The molecule has 0 atom stereocenters. The van der Waals surface area contributed by atoms with Crippen LogP contribution in [0.15, 0.2) is 28.0 Å². The van der Waals surface area contributed by atoms with E-state index in [1.54, 1.807) is 12.1 Å². The Kier molecular flexibility index (Phi) is 6.06. The molecule has 1 N–H and O–H groups in total. The number of carbonyl (C=O) groups excluding carboxylic acids is 1. The number of likely N-dealkylation sites (tertiary alicyclic amines) is 1. The second-order valence-corrected chi connectivity index (χ2v) is 9.30. The summed E-state index contributed by atoms with van der Waals surface area (Å²) < 4.78 is 26.7. The Morgan fingerprint density at radius 2 is 1.96 bits per heavy atom. The third kappa shape index (κ3) is 4.14. The molecular weight excluding hydrogens is 372 g/mol. The van der Waals surface area contributed by atoms with Gasteiger partial charge in [-0.05, 0) is 44.1 Å². The average Bonchev–Trinajstić information content (AvgIpc) is 3.09. The first-order valence-electron chi connectivity index (χ1n) is 8.72. The van der Waals surface area contributed by atoms with Crippen LogP contribution < -0.4 is 5.32 Å².